The van der Waals surface area contributed by atoms with Crippen molar-refractivity contribution in [1.82, 2.24) is 9.21 Å². The van der Waals surface area contributed by atoms with Gasteiger partial charge in [-0.3, -0.25) is 4.79 Å². The minimum absolute atomic E-state index is 0.0108. The monoisotopic (exact) mass is 622 g/mol. The smallest absolute Gasteiger partial charge is 0.288 e. The molecule has 2 aromatic carbocycles. The molecule has 9 nitrogen and oxygen atoms in total. The van der Waals surface area contributed by atoms with Gasteiger partial charge in [0.2, 0.25) is 16.3 Å². The Morgan fingerprint density at radius 2 is 1.77 bits per heavy atom. The summed E-state index contributed by atoms with van der Waals surface area (Å²) in [6, 6.07) is 14.0. The van der Waals surface area contributed by atoms with E-state index in [4.69, 9.17) is 14.2 Å². The number of ether oxygens (including phenoxy) is 3. The van der Waals surface area contributed by atoms with Crippen LogP contribution in [-0.4, -0.2) is 81.4 Å². The standard InChI is InChI=1S/C28H35BrN2O7S/c1-36-24-9-11-25(12-10-24)39(34,35)31(15-17-32)16-18-37-27-20-22(21-5-7-23(29)8-6-21)19-26(38-27)28(33)30-13-3-2-4-14-30/h5-12,19,22,27,32H,2-4,13-18,20H2,1H3/t22-,27+/m1/s1. The van der Waals surface area contributed by atoms with E-state index in [2.05, 4.69) is 15.9 Å². The van der Waals surface area contributed by atoms with E-state index in [-0.39, 0.29) is 48.8 Å². The second-order valence-electron chi connectivity index (χ2n) is 9.50. The molecule has 1 N–H and O–H groups in total. The van der Waals surface area contributed by atoms with Gasteiger partial charge >= 0.3 is 0 Å². The Morgan fingerprint density at radius 3 is 2.41 bits per heavy atom. The van der Waals surface area contributed by atoms with Gasteiger partial charge in [-0.15, -0.1) is 0 Å². The molecule has 0 radical (unpaired) electrons. The largest absolute Gasteiger partial charge is 0.497 e. The number of sulfonamides is 1. The molecule has 39 heavy (non-hydrogen) atoms. The molecule has 0 spiro atoms. The fourth-order valence-corrected chi connectivity index (χ4v) is 6.43. The lowest BCUT2D eigenvalue weighted by atomic mass is 9.93. The van der Waals surface area contributed by atoms with Crippen molar-refractivity contribution in [3.63, 3.8) is 0 Å². The molecule has 0 aliphatic carbocycles. The van der Waals surface area contributed by atoms with Gasteiger partial charge in [-0.25, -0.2) is 8.42 Å². The normalized spacial score (nSPS) is 19.9. The highest BCUT2D eigenvalue weighted by atomic mass is 79.9. The SMILES string of the molecule is COc1ccc(S(=O)(=O)N(CCO)CCO[C@@H]2C[C@H](c3ccc(Br)cc3)C=C(C(=O)N3CCCCC3)O2)cc1. The Kier molecular flexibility index (Phi) is 10.4. The molecule has 0 unspecified atom stereocenters. The molecular formula is C28H35BrN2O7S. The number of likely N-dealkylation sites (tertiary alicyclic amines) is 1. The van der Waals surface area contributed by atoms with E-state index in [1.54, 1.807) is 12.1 Å². The number of benzene rings is 2. The van der Waals surface area contributed by atoms with Crippen LogP contribution in [0, 0.1) is 0 Å². The van der Waals surface area contributed by atoms with Crippen molar-refractivity contribution >= 4 is 31.9 Å². The number of rotatable bonds is 11. The molecular weight excluding hydrogens is 588 g/mol. The van der Waals surface area contributed by atoms with Crippen LogP contribution in [-0.2, 0) is 24.3 Å². The minimum atomic E-state index is -3.87. The zero-order valence-electron chi connectivity index (χ0n) is 22.0. The first-order valence-corrected chi connectivity index (χ1v) is 15.3. The number of methoxy groups -OCH3 is 1. The van der Waals surface area contributed by atoms with Gasteiger partial charge in [0.15, 0.2) is 5.76 Å². The number of hydrogen-bond donors (Lipinski definition) is 1. The summed E-state index contributed by atoms with van der Waals surface area (Å²) >= 11 is 3.47. The number of aliphatic hydroxyl groups excluding tert-OH is 1. The van der Waals surface area contributed by atoms with Crippen LogP contribution >= 0.6 is 15.9 Å². The molecule has 0 bridgehead atoms. The van der Waals surface area contributed by atoms with Gasteiger partial charge < -0.3 is 24.2 Å². The maximum atomic E-state index is 13.3. The van der Waals surface area contributed by atoms with Gasteiger partial charge in [-0.2, -0.15) is 4.31 Å². The quantitative estimate of drug-likeness (QED) is 0.405. The minimum Gasteiger partial charge on any atom is -0.497 e. The topological polar surface area (TPSA) is 106 Å². The molecule has 2 atom stereocenters. The number of halogens is 1. The first-order valence-electron chi connectivity index (χ1n) is 13.1. The van der Waals surface area contributed by atoms with Gasteiger partial charge in [-0.05, 0) is 67.3 Å². The molecule has 2 heterocycles. The first-order chi connectivity index (χ1) is 18.8. The number of piperidine rings is 1. The molecule has 1 fully saturated rings. The van der Waals surface area contributed by atoms with Crippen LogP contribution in [0.4, 0.5) is 0 Å². The van der Waals surface area contributed by atoms with Gasteiger partial charge in [0.05, 0.1) is 25.2 Å². The molecule has 2 aliphatic heterocycles. The van der Waals surface area contributed by atoms with Crippen molar-refractivity contribution in [3.05, 3.63) is 70.4 Å². The molecule has 11 heteroatoms. The summed E-state index contributed by atoms with van der Waals surface area (Å²) in [6.45, 7) is 1.03. The molecule has 0 aromatic heterocycles. The molecule has 1 saturated heterocycles. The lowest BCUT2D eigenvalue weighted by Gasteiger charge is -2.33. The lowest BCUT2D eigenvalue weighted by Crippen LogP contribution is -2.40. The van der Waals surface area contributed by atoms with Crippen LogP contribution in [0.25, 0.3) is 0 Å². The molecule has 0 saturated carbocycles. The van der Waals surface area contributed by atoms with E-state index in [9.17, 15) is 18.3 Å². The van der Waals surface area contributed by atoms with Crippen molar-refractivity contribution in [2.75, 3.05) is 46.5 Å². The van der Waals surface area contributed by atoms with Gasteiger partial charge in [0.25, 0.3) is 5.91 Å². The highest BCUT2D eigenvalue weighted by molar-refractivity contribution is 9.10. The van der Waals surface area contributed by atoms with Crippen LogP contribution in [0.1, 0.15) is 37.2 Å². The summed E-state index contributed by atoms with van der Waals surface area (Å²) in [5, 5.41) is 9.53. The highest BCUT2D eigenvalue weighted by Gasteiger charge is 2.32. The van der Waals surface area contributed by atoms with Crippen LogP contribution in [0.3, 0.4) is 0 Å². The summed E-state index contributed by atoms with van der Waals surface area (Å²) in [7, 11) is -2.36. The molecule has 4 rings (SSSR count). The van der Waals surface area contributed by atoms with E-state index in [1.165, 1.54) is 23.5 Å². The van der Waals surface area contributed by atoms with Gasteiger partial charge in [0, 0.05) is 43.0 Å². The third-order valence-corrected chi connectivity index (χ3v) is 9.34. The second-order valence-corrected chi connectivity index (χ2v) is 12.4. The molecule has 1 amide bonds. The van der Waals surface area contributed by atoms with Crippen molar-refractivity contribution < 1.29 is 32.5 Å². The second kappa shape index (κ2) is 13.8. The zero-order valence-corrected chi connectivity index (χ0v) is 24.4. The number of amides is 1. The van der Waals surface area contributed by atoms with E-state index in [0.717, 1.165) is 29.3 Å². The first kappa shape index (κ1) is 29.5. The summed E-state index contributed by atoms with van der Waals surface area (Å²) in [6.07, 6.45) is 4.67. The van der Waals surface area contributed by atoms with E-state index < -0.39 is 16.3 Å². The van der Waals surface area contributed by atoms with Gasteiger partial charge in [-0.1, -0.05) is 28.1 Å². The third kappa shape index (κ3) is 7.61. The Bertz CT molecular complexity index is 1230. The summed E-state index contributed by atoms with van der Waals surface area (Å²) in [5.74, 6) is 0.564. The maximum absolute atomic E-state index is 13.3. The van der Waals surface area contributed by atoms with Crippen molar-refractivity contribution in [2.45, 2.75) is 42.8 Å². The van der Waals surface area contributed by atoms with Gasteiger partial charge in [0.1, 0.15) is 5.75 Å². The van der Waals surface area contributed by atoms with Crippen LogP contribution in [0.2, 0.25) is 0 Å². The zero-order chi connectivity index (χ0) is 27.8. The number of nitrogens with zero attached hydrogens (tertiary/aromatic N) is 2. The summed E-state index contributed by atoms with van der Waals surface area (Å²) in [4.78, 5) is 15.2. The molecule has 2 aliphatic rings. The number of allylic oxidation sites excluding steroid dienone is 1. The van der Waals surface area contributed by atoms with Crippen LogP contribution in [0.15, 0.2) is 69.7 Å². The number of carbonyl (C=O) groups excluding carboxylic acids is 1. The third-order valence-electron chi connectivity index (χ3n) is 6.90. The maximum Gasteiger partial charge on any atom is 0.288 e. The molecule has 212 valence electrons. The predicted octanol–water partition coefficient (Wildman–Crippen LogP) is 3.88. The van der Waals surface area contributed by atoms with Crippen molar-refractivity contribution in [3.8, 4) is 5.75 Å². The van der Waals surface area contributed by atoms with E-state index >= 15 is 0 Å². The average Bonchev–Trinajstić information content (AvgIpc) is 2.97. The fourth-order valence-electron chi connectivity index (χ4n) is 4.75. The van der Waals surface area contributed by atoms with Crippen molar-refractivity contribution in [2.24, 2.45) is 0 Å². The fraction of sp³-hybridized carbons (Fsp3) is 0.464. The van der Waals surface area contributed by atoms with E-state index in [1.807, 2.05) is 35.2 Å². The summed E-state index contributed by atoms with van der Waals surface area (Å²) < 4.78 is 45.7. The molecule has 2 aromatic rings. The Balaban J connectivity index is 1.46. The Hall–Kier alpha value is -2.44. The summed E-state index contributed by atoms with van der Waals surface area (Å²) in [5.41, 5.74) is 1.03. The highest BCUT2D eigenvalue weighted by Crippen LogP contribution is 2.33. The Morgan fingerprint density at radius 1 is 1.08 bits per heavy atom. The Labute approximate surface area is 238 Å². The van der Waals surface area contributed by atoms with Crippen LogP contribution < -0.4 is 4.74 Å². The lowest BCUT2D eigenvalue weighted by molar-refractivity contribution is -0.153. The number of hydrogen-bond acceptors (Lipinski definition) is 7. The number of carbonyl (C=O) groups is 1. The predicted molar refractivity (Wildman–Crippen MR) is 150 cm³/mol. The van der Waals surface area contributed by atoms with Crippen molar-refractivity contribution in [1.29, 1.82) is 0 Å². The van der Waals surface area contributed by atoms with E-state index in [0.29, 0.717) is 25.3 Å². The number of aliphatic hydroxyl groups is 1. The van der Waals surface area contributed by atoms with Crippen LogP contribution in [0.5, 0.6) is 5.75 Å². The average molecular weight is 624 g/mol.